The lowest BCUT2D eigenvalue weighted by Crippen LogP contribution is -2.25. The first-order valence-electron chi connectivity index (χ1n) is 9.39. The molecule has 0 aliphatic heterocycles. The van der Waals surface area contributed by atoms with E-state index in [-0.39, 0.29) is 25.2 Å². The van der Waals surface area contributed by atoms with Crippen LogP contribution in [0.5, 0.6) is 5.75 Å². The molecule has 0 aliphatic carbocycles. The van der Waals surface area contributed by atoms with E-state index in [1.807, 2.05) is 32.0 Å². The number of esters is 1. The third kappa shape index (κ3) is 8.04. The van der Waals surface area contributed by atoms with Gasteiger partial charge in [0.1, 0.15) is 5.75 Å². The number of nitrogens with zero attached hydrogens (tertiary/aromatic N) is 1. The zero-order valence-electron chi connectivity index (χ0n) is 17.2. The molecule has 0 saturated carbocycles. The van der Waals surface area contributed by atoms with Gasteiger partial charge in [0.05, 0.1) is 18.9 Å². The van der Waals surface area contributed by atoms with Gasteiger partial charge < -0.3 is 14.8 Å². The lowest BCUT2D eigenvalue weighted by molar-refractivity contribution is -0.149. The summed E-state index contributed by atoms with van der Waals surface area (Å²) in [7, 11) is 0. The van der Waals surface area contributed by atoms with Crippen LogP contribution in [0.15, 0.2) is 47.6 Å². The third-order valence-corrected chi connectivity index (χ3v) is 3.97. The van der Waals surface area contributed by atoms with E-state index in [1.54, 1.807) is 38.1 Å². The smallest absolute Gasteiger partial charge is 0.344 e. The molecule has 7 nitrogen and oxygen atoms in total. The summed E-state index contributed by atoms with van der Waals surface area (Å²) < 4.78 is 10.4. The largest absolute Gasteiger partial charge is 0.482 e. The van der Waals surface area contributed by atoms with Gasteiger partial charge in [-0.3, -0.25) is 4.79 Å². The molecule has 2 rings (SSSR count). The van der Waals surface area contributed by atoms with E-state index in [4.69, 9.17) is 9.47 Å². The minimum absolute atomic E-state index is 0.124. The maximum absolute atomic E-state index is 11.9. The van der Waals surface area contributed by atoms with Gasteiger partial charge in [0.15, 0.2) is 6.61 Å². The van der Waals surface area contributed by atoms with Crippen molar-refractivity contribution in [3.8, 4) is 5.75 Å². The highest BCUT2D eigenvalue weighted by molar-refractivity contribution is 5.84. The van der Waals surface area contributed by atoms with Crippen LogP contribution < -0.4 is 15.5 Å². The van der Waals surface area contributed by atoms with E-state index in [2.05, 4.69) is 15.8 Å². The Labute approximate surface area is 171 Å². The summed E-state index contributed by atoms with van der Waals surface area (Å²) in [6.45, 7) is 7.61. The Kier molecular flexibility index (Phi) is 8.21. The number of carbonyl (C=O) groups is 2. The number of benzene rings is 2. The summed E-state index contributed by atoms with van der Waals surface area (Å²) in [5.41, 5.74) is 6.52. The average Bonchev–Trinajstić information content (AvgIpc) is 2.68. The van der Waals surface area contributed by atoms with Crippen LogP contribution in [0.3, 0.4) is 0 Å². The molecule has 0 aromatic heterocycles. The quantitative estimate of drug-likeness (QED) is 0.385. The number of anilines is 1. The average molecular weight is 397 g/mol. The monoisotopic (exact) mass is 397 g/mol. The molecule has 2 aromatic rings. The van der Waals surface area contributed by atoms with Crippen LogP contribution in [0.2, 0.25) is 0 Å². The summed E-state index contributed by atoms with van der Waals surface area (Å²) in [5.74, 6) is -0.115. The van der Waals surface area contributed by atoms with E-state index < -0.39 is 5.97 Å². The van der Waals surface area contributed by atoms with Gasteiger partial charge in [-0.2, -0.15) is 5.10 Å². The Hall–Kier alpha value is -3.35. The lowest BCUT2D eigenvalue weighted by Gasteiger charge is -2.09. The molecule has 1 amide bonds. The van der Waals surface area contributed by atoms with Crippen LogP contribution in [-0.4, -0.2) is 37.3 Å². The van der Waals surface area contributed by atoms with Crippen LogP contribution in [0.25, 0.3) is 0 Å². The molecule has 2 N–H and O–H groups in total. The molecule has 0 fully saturated rings. The molecule has 0 bridgehead atoms. The number of nitrogens with one attached hydrogen (secondary N) is 2. The second-order valence-corrected chi connectivity index (χ2v) is 6.84. The number of carbonyl (C=O) groups excluding carboxylic acids is 2. The highest BCUT2D eigenvalue weighted by Crippen LogP contribution is 2.14. The second kappa shape index (κ2) is 10.8. The summed E-state index contributed by atoms with van der Waals surface area (Å²) in [5, 5.41) is 7.01. The fourth-order valence-corrected chi connectivity index (χ4v) is 2.34. The molecule has 154 valence electrons. The number of amides is 1. The Morgan fingerprint density at radius 2 is 1.79 bits per heavy atom. The maximum atomic E-state index is 11.9. The topological polar surface area (TPSA) is 89.0 Å². The van der Waals surface area contributed by atoms with Crippen molar-refractivity contribution in [2.75, 3.05) is 18.5 Å². The van der Waals surface area contributed by atoms with Crippen molar-refractivity contribution in [1.29, 1.82) is 0 Å². The highest BCUT2D eigenvalue weighted by Gasteiger charge is 2.06. The fraction of sp³-hybridized carbons (Fsp3) is 0.318. The SMILES string of the molecule is Cc1ccc(NCC(=O)N/N=C\c2ccc(OCC(=O)OC(C)C)cc2)cc1C. The van der Waals surface area contributed by atoms with E-state index in [0.29, 0.717) is 5.75 Å². The zero-order chi connectivity index (χ0) is 21.2. The number of ether oxygens (including phenoxy) is 2. The van der Waals surface area contributed by atoms with Gasteiger partial charge in [0, 0.05) is 5.69 Å². The molecule has 0 radical (unpaired) electrons. The van der Waals surface area contributed by atoms with Gasteiger partial charge in [0.2, 0.25) is 0 Å². The Morgan fingerprint density at radius 1 is 1.07 bits per heavy atom. The number of hydrogen-bond donors (Lipinski definition) is 2. The van der Waals surface area contributed by atoms with Crippen molar-refractivity contribution in [3.63, 3.8) is 0 Å². The van der Waals surface area contributed by atoms with E-state index >= 15 is 0 Å². The van der Waals surface area contributed by atoms with Gasteiger partial charge >= 0.3 is 5.97 Å². The Balaban J connectivity index is 1.74. The van der Waals surface area contributed by atoms with Crippen LogP contribution in [0.4, 0.5) is 5.69 Å². The van der Waals surface area contributed by atoms with Crippen molar-refractivity contribution >= 4 is 23.8 Å². The fourth-order valence-electron chi connectivity index (χ4n) is 2.34. The highest BCUT2D eigenvalue weighted by atomic mass is 16.6. The van der Waals surface area contributed by atoms with E-state index in [1.165, 1.54) is 11.8 Å². The van der Waals surface area contributed by atoms with Gasteiger partial charge in [-0.15, -0.1) is 0 Å². The zero-order valence-corrected chi connectivity index (χ0v) is 17.2. The lowest BCUT2D eigenvalue weighted by atomic mass is 10.1. The number of hydrogen-bond acceptors (Lipinski definition) is 6. The van der Waals surface area contributed by atoms with Crippen LogP contribution in [0.1, 0.15) is 30.5 Å². The predicted octanol–water partition coefficient (Wildman–Crippen LogP) is 3.20. The number of aryl methyl sites for hydroxylation is 2. The molecule has 7 heteroatoms. The molecule has 0 spiro atoms. The summed E-state index contributed by atoms with van der Waals surface area (Å²) in [6, 6.07) is 12.9. The van der Waals surface area contributed by atoms with Crippen molar-refractivity contribution in [2.24, 2.45) is 5.10 Å². The third-order valence-electron chi connectivity index (χ3n) is 3.97. The first kappa shape index (κ1) is 21.9. The van der Waals surface area contributed by atoms with Crippen molar-refractivity contribution in [3.05, 3.63) is 59.2 Å². The molecule has 2 aromatic carbocycles. The molecular weight excluding hydrogens is 370 g/mol. The normalized spacial score (nSPS) is 10.8. The van der Waals surface area contributed by atoms with Gasteiger partial charge in [-0.1, -0.05) is 6.07 Å². The molecule has 29 heavy (non-hydrogen) atoms. The van der Waals surface area contributed by atoms with Gasteiger partial charge in [-0.05, 0) is 80.8 Å². The molecule has 0 aliphatic rings. The summed E-state index contributed by atoms with van der Waals surface area (Å²) >= 11 is 0. The standard InChI is InChI=1S/C22H27N3O4/c1-15(2)29-22(27)14-28-20-9-6-18(7-10-20)12-24-25-21(26)13-23-19-8-5-16(3)17(4)11-19/h5-12,15,23H,13-14H2,1-4H3,(H,25,26)/b24-12-. The Bertz CT molecular complexity index is 861. The molecule has 0 heterocycles. The Morgan fingerprint density at radius 3 is 2.45 bits per heavy atom. The van der Waals surface area contributed by atoms with Gasteiger partial charge in [0.25, 0.3) is 5.91 Å². The molecular formula is C22H27N3O4. The van der Waals surface area contributed by atoms with E-state index in [9.17, 15) is 9.59 Å². The van der Waals surface area contributed by atoms with E-state index in [0.717, 1.165) is 16.8 Å². The van der Waals surface area contributed by atoms with Crippen molar-refractivity contribution in [1.82, 2.24) is 5.43 Å². The summed E-state index contributed by atoms with van der Waals surface area (Å²) in [4.78, 5) is 23.3. The number of rotatable bonds is 9. The summed E-state index contributed by atoms with van der Waals surface area (Å²) in [6.07, 6.45) is 1.36. The minimum atomic E-state index is -0.414. The van der Waals surface area contributed by atoms with Crippen LogP contribution >= 0.6 is 0 Å². The second-order valence-electron chi connectivity index (χ2n) is 6.84. The molecule has 0 atom stereocenters. The first-order chi connectivity index (χ1) is 13.8. The molecule has 0 unspecified atom stereocenters. The maximum Gasteiger partial charge on any atom is 0.344 e. The van der Waals surface area contributed by atoms with Crippen molar-refractivity contribution < 1.29 is 19.1 Å². The first-order valence-corrected chi connectivity index (χ1v) is 9.39. The number of hydrazone groups is 1. The predicted molar refractivity (Wildman–Crippen MR) is 113 cm³/mol. The van der Waals surface area contributed by atoms with Crippen LogP contribution in [0, 0.1) is 13.8 Å². The van der Waals surface area contributed by atoms with Gasteiger partial charge in [-0.25, -0.2) is 10.2 Å². The van der Waals surface area contributed by atoms with Crippen molar-refractivity contribution in [2.45, 2.75) is 33.8 Å². The van der Waals surface area contributed by atoms with Crippen LogP contribution in [-0.2, 0) is 14.3 Å². The molecule has 0 saturated heterocycles. The minimum Gasteiger partial charge on any atom is -0.482 e.